The monoisotopic (exact) mass is 325 g/mol. The van der Waals surface area contributed by atoms with Crippen molar-refractivity contribution in [2.75, 3.05) is 7.05 Å². The summed E-state index contributed by atoms with van der Waals surface area (Å²) in [5.41, 5.74) is 3.74. The first kappa shape index (κ1) is 18.2. The summed E-state index contributed by atoms with van der Waals surface area (Å²) < 4.78 is 0. The second-order valence-electron chi connectivity index (χ2n) is 6.84. The predicted octanol–water partition coefficient (Wildman–Crippen LogP) is 2.53. The number of likely N-dealkylation sites (N-methyl/N-ethyl adjacent to an activating group) is 1. The Morgan fingerprint density at radius 3 is 2.17 bits per heavy atom. The predicted molar refractivity (Wildman–Crippen MR) is 98.9 cm³/mol. The molecule has 0 saturated heterocycles. The van der Waals surface area contributed by atoms with E-state index in [1.165, 1.54) is 16.0 Å². The maximum absolute atomic E-state index is 12.4. The number of benzene rings is 2. The molecule has 0 aliphatic heterocycles. The highest BCUT2D eigenvalue weighted by Gasteiger charge is 2.21. The van der Waals surface area contributed by atoms with Crippen LogP contribution in [0.3, 0.4) is 0 Å². The van der Waals surface area contributed by atoms with Crippen LogP contribution in [-0.4, -0.2) is 19.0 Å². The van der Waals surface area contributed by atoms with E-state index in [1.807, 2.05) is 37.3 Å². The Bertz CT molecular complexity index is 635. The molecule has 2 N–H and O–H groups in total. The third kappa shape index (κ3) is 5.20. The van der Waals surface area contributed by atoms with E-state index in [0.29, 0.717) is 12.5 Å². The van der Waals surface area contributed by atoms with E-state index >= 15 is 0 Å². The molecule has 3 heteroatoms. The second-order valence-corrected chi connectivity index (χ2v) is 6.84. The third-order valence-electron chi connectivity index (χ3n) is 4.57. The summed E-state index contributed by atoms with van der Waals surface area (Å²) in [5.74, 6) is 0.641. The van der Waals surface area contributed by atoms with Crippen LogP contribution in [0.5, 0.6) is 0 Å². The molecule has 2 aromatic rings. The van der Waals surface area contributed by atoms with Crippen molar-refractivity contribution >= 4 is 5.91 Å². The molecule has 0 aromatic heterocycles. The summed E-state index contributed by atoms with van der Waals surface area (Å²) in [7, 11) is 2.07. The summed E-state index contributed by atoms with van der Waals surface area (Å²) >= 11 is 0. The molecule has 2 rings (SSSR count). The van der Waals surface area contributed by atoms with E-state index in [9.17, 15) is 4.79 Å². The molecule has 0 aliphatic rings. The molecule has 0 heterocycles. The van der Waals surface area contributed by atoms with Gasteiger partial charge in [-0.15, -0.1) is 0 Å². The molecule has 0 saturated carbocycles. The van der Waals surface area contributed by atoms with Crippen molar-refractivity contribution in [2.24, 2.45) is 0 Å². The quantitative estimate of drug-likeness (QED) is 0.806. The molecule has 2 atom stereocenters. The van der Waals surface area contributed by atoms with E-state index in [2.05, 4.69) is 50.5 Å². The van der Waals surface area contributed by atoms with E-state index in [0.717, 1.165) is 12.1 Å². The van der Waals surface area contributed by atoms with Gasteiger partial charge < -0.3 is 10.2 Å². The fourth-order valence-electron chi connectivity index (χ4n) is 2.66. The Morgan fingerprint density at radius 1 is 0.958 bits per heavy atom. The third-order valence-corrected chi connectivity index (χ3v) is 4.57. The molecule has 2 aromatic carbocycles. The molecular formula is C21H29N2O+. The maximum Gasteiger partial charge on any atom is 0.278 e. The lowest BCUT2D eigenvalue weighted by molar-refractivity contribution is -0.908. The van der Waals surface area contributed by atoms with Crippen molar-refractivity contribution in [2.45, 2.75) is 45.8 Å². The van der Waals surface area contributed by atoms with Crippen molar-refractivity contribution in [3.8, 4) is 0 Å². The zero-order valence-corrected chi connectivity index (χ0v) is 15.2. The Labute approximate surface area is 145 Å². The zero-order valence-electron chi connectivity index (χ0n) is 15.2. The Hall–Kier alpha value is -2.13. The smallest absolute Gasteiger partial charge is 0.278 e. The van der Waals surface area contributed by atoms with Gasteiger partial charge in [0, 0.05) is 12.1 Å². The average molecular weight is 325 g/mol. The van der Waals surface area contributed by atoms with Gasteiger partial charge in [0.25, 0.3) is 5.91 Å². The van der Waals surface area contributed by atoms with Gasteiger partial charge in [-0.05, 0) is 24.0 Å². The maximum atomic E-state index is 12.4. The van der Waals surface area contributed by atoms with Crippen LogP contribution in [-0.2, 0) is 17.9 Å². The molecule has 0 bridgehead atoms. The minimum absolute atomic E-state index is 0.0847. The van der Waals surface area contributed by atoms with Gasteiger partial charge in [-0.2, -0.15) is 0 Å². The molecule has 128 valence electrons. The van der Waals surface area contributed by atoms with E-state index in [1.54, 1.807) is 0 Å². The van der Waals surface area contributed by atoms with Gasteiger partial charge in [-0.3, -0.25) is 4.79 Å². The lowest BCUT2D eigenvalue weighted by Gasteiger charge is -2.21. The van der Waals surface area contributed by atoms with Crippen LogP contribution in [0.4, 0.5) is 0 Å². The first-order valence-corrected chi connectivity index (χ1v) is 8.70. The number of hydrogen-bond acceptors (Lipinski definition) is 1. The molecule has 24 heavy (non-hydrogen) atoms. The molecule has 0 fully saturated rings. The van der Waals surface area contributed by atoms with Crippen LogP contribution in [0.1, 0.15) is 43.4 Å². The molecule has 1 unspecified atom stereocenters. The second kappa shape index (κ2) is 8.65. The number of nitrogens with one attached hydrogen (secondary N) is 2. The first-order valence-electron chi connectivity index (χ1n) is 8.70. The molecule has 0 spiro atoms. The van der Waals surface area contributed by atoms with Crippen LogP contribution < -0.4 is 10.2 Å². The summed E-state index contributed by atoms with van der Waals surface area (Å²) in [6.07, 6.45) is 0. The fraction of sp³-hybridized carbons (Fsp3) is 0.381. The zero-order chi connectivity index (χ0) is 17.5. The van der Waals surface area contributed by atoms with Gasteiger partial charge in [0.15, 0.2) is 6.04 Å². The molecule has 0 aliphatic carbocycles. The van der Waals surface area contributed by atoms with Gasteiger partial charge in [0.1, 0.15) is 6.54 Å². The van der Waals surface area contributed by atoms with E-state index in [-0.39, 0.29) is 11.9 Å². The van der Waals surface area contributed by atoms with E-state index in [4.69, 9.17) is 0 Å². The standard InChI is InChI=1S/C21H28N2O/c1-16(2)20-12-10-19(11-13-20)15-23(4)17(3)21(24)22-14-18-8-6-5-7-9-18/h5-13,16-17H,14-15H2,1-4H3,(H,22,24)/p+1/t17-/m1/s1. The van der Waals surface area contributed by atoms with Gasteiger partial charge in [-0.25, -0.2) is 0 Å². The lowest BCUT2D eigenvalue weighted by atomic mass is 10.0. The van der Waals surface area contributed by atoms with Gasteiger partial charge in [0.2, 0.25) is 0 Å². The number of amides is 1. The minimum atomic E-state index is -0.0847. The first-order chi connectivity index (χ1) is 11.5. The Morgan fingerprint density at radius 2 is 1.58 bits per heavy atom. The number of carbonyl (C=O) groups excluding carboxylic acids is 1. The van der Waals surface area contributed by atoms with Gasteiger partial charge in [0.05, 0.1) is 7.05 Å². The summed E-state index contributed by atoms with van der Waals surface area (Å²) in [6.45, 7) is 7.81. The van der Waals surface area contributed by atoms with E-state index < -0.39 is 0 Å². The lowest BCUT2D eigenvalue weighted by Crippen LogP contribution is -3.12. The van der Waals surface area contributed by atoms with Crippen LogP contribution in [0.25, 0.3) is 0 Å². The number of rotatable bonds is 7. The molecule has 3 nitrogen and oxygen atoms in total. The van der Waals surface area contributed by atoms with Crippen molar-refractivity contribution in [1.29, 1.82) is 0 Å². The molecule has 1 amide bonds. The van der Waals surface area contributed by atoms with Crippen molar-refractivity contribution in [3.63, 3.8) is 0 Å². The highest BCUT2D eigenvalue weighted by Crippen LogP contribution is 2.14. The van der Waals surface area contributed by atoms with Crippen LogP contribution in [0.2, 0.25) is 0 Å². The molecular weight excluding hydrogens is 296 g/mol. The van der Waals surface area contributed by atoms with Crippen molar-refractivity contribution in [3.05, 3.63) is 71.3 Å². The minimum Gasteiger partial charge on any atom is -0.347 e. The highest BCUT2D eigenvalue weighted by molar-refractivity contribution is 5.79. The highest BCUT2D eigenvalue weighted by atomic mass is 16.2. The van der Waals surface area contributed by atoms with Crippen molar-refractivity contribution in [1.82, 2.24) is 5.32 Å². The van der Waals surface area contributed by atoms with Crippen molar-refractivity contribution < 1.29 is 9.69 Å². The Kier molecular flexibility index (Phi) is 6.56. The number of carbonyl (C=O) groups is 1. The average Bonchev–Trinajstić information content (AvgIpc) is 2.60. The summed E-state index contributed by atoms with van der Waals surface area (Å²) in [6, 6.07) is 18.7. The fourth-order valence-corrected chi connectivity index (χ4v) is 2.66. The normalized spacial score (nSPS) is 13.5. The van der Waals surface area contributed by atoms with Gasteiger partial charge in [-0.1, -0.05) is 68.4 Å². The van der Waals surface area contributed by atoms with Crippen LogP contribution in [0, 0.1) is 0 Å². The topological polar surface area (TPSA) is 33.5 Å². The molecule has 0 radical (unpaired) electrons. The summed E-state index contributed by atoms with van der Waals surface area (Å²) in [5, 5.41) is 3.03. The SMILES string of the molecule is CC(C)c1ccc(C[NH+](C)[C@H](C)C(=O)NCc2ccccc2)cc1. The largest absolute Gasteiger partial charge is 0.347 e. The summed E-state index contributed by atoms with van der Waals surface area (Å²) in [4.78, 5) is 13.6. The number of hydrogen-bond donors (Lipinski definition) is 2. The Balaban J connectivity index is 1.86. The van der Waals surface area contributed by atoms with Crippen LogP contribution >= 0.6 is 0 Å². The van der Waals surface area contributed by atoms with Crippen LogP contribution in [0.15, 0.2) is 54.6 Å². The number of quaternary nitrogens is 1. The van der Waals surface area contributed by atoms with Gasteiger partial charge >= 0.3 is 0 Å².